The zero-order valence-corrected chi connectivity index (χ0v) is 18.3. The van der Waals surface area contributed by atoms with Crippen molar-refractivity contribution in [2.45, 2.75) is 25.8 Å². The molecule has 2 saturated heterocycles. The largest absolute Gasteiger partial charge is 0.340 e. The van der Waals surface area contributed by atoms with E-state index in [2.05, 4.69) is 22.0 Å². The lowest BCUT2D eigenvalue weighted by atomic mass is 10.2. The maximum Gasteiger partial charge on any atom is 0.228 e. The SMILES string of the molecule is O=C(Cc1csc(N2CCCC2=O)n1)N1CCN(Cc2nc3ccccc3s2)CC1. The highest BCUT2D eigenvalue weighted by atomic mass is 32.1. The summed E-state index contributed by atoms with van der Waals surface area (Å²) in [6, 6.07) is 8.22. The van der Waals surface area contributed by atoms with Gasteiger partial charge in [-0.3, -0.25) is 19.4 Å². The molecule has 0 atom stereocenters. The highest BCUT2D eigenvalue weighted by Gasteiger charge is 2.26. The number of nitrogens with zero attached hydrogens (tertiary/aromatic N) is 5. The van der Waals surface area contributed by atoms with Crippen LogP contribution < -0.4 is 4.90 Å². The van der Waals surface area contributed by atoms with E-state index in [0.717, 1.165) is 67.0 Å². The number of hydrogen-bond donors (Lipinski definition) is 0. The quantitative estimate of drug-likeness (QED) is 0.609. The van der Waals surface area contributed by atoms with Crippen molar-refractivity contribution in [2.24, 2.45) is 0 Å². The molecule has 1 aromatic carbocycles. The van der Waals surface area contributed by atoms with E-state index >= 15 is 0 Å². The highest BCUT2D eigenvalue weighted by molar-refractivity contribution is 7.18. The Morgan fingerprint density at radius 2 is 1.90 bits per heavy atom. The summed E-state index contributed by atoms with van der Waals surface area (Å²) in [6.45, 7) is 4.73. The number of benzene rings is 1. The Morgan fingerprint density at radius 1 is 1.07 bits per heavy atom. The zero-order valence-electron chi connectivity index (χ0n) is 16.6. The van der Waals surface area contributed by atoms with Gasteiger partial charge in [-0.05, 0) is 18.6 Å². The molecule has 0 spiro atoms. The molecule has 0 bridgehead atoms. The number of anilines is 1. The number of fused-ring (bicyclic) bond motifs is 1. The van der Waals surface area contributed by atoms with Crippen LogP contribution in [0.2, 0.25) is 0 Å². The average Bonchev–Trinajstić information content (AvgIpc) is 3.47. The molecule has 2 aliphatic heterocycles. The van der Waals surface area contributed by atoms with Crippen LogP contribution in [-0.2, 0) is 22.6 Å². The lowest BCUT2D eigenvalue weighted by molar-refractivity contribution is -0.132. The van der Waals surface area contributed by atoms with Crippen molar-refractivity contribution in [3.05, 3.63) is 40.3 Å². The standard InChI is InChI=1S/C21H23N5O2S2/c27-19-6-3-7-26(19)21-22-15(14-29-21)12-20(28)25-10-8-24(9-11-25)13-18-23-16-4-1-2-5-17(16)30-18/h1-2,4-5,14H,3,6-13H2. The zero-order chi connectivity index (χ0) is 20.5. The van der Waals surface area contributed by atoms with Gasteiger partial charge in [0, 0.05) is 44.5 Å². The van der Waals surface area contributed by atoms with Crippen molar-refractivity contribution in [3.8, 4) is 0 Å². The van der Waals surface area contributed by atoms with Gasteiger partial charge in [0.05, 0.1) is 28.9 Å². The normalized spacial score (nSPS) is 17.9. The van der Waals surface area contributed by atoms with Crippen LogP contribution in [0.5, 0.6) is 0 Å². The highest BCUT2D eigenvalue weighted by Crippen LogP contribution is 2.26. The maximum atomic E-state index is 12.7. The summed E-state index contributed by atoms with van der Waals surface area (Å²) < 4.78 is 1.22. The molecule has 0 aliphatic carbocycles. The molecule has 2 fully saturated rings. The Balaban J connectivity index is 1.13. The van der Waals surface area contributed by atoms with Crippen LogP contribution >= 0.6 is 22.7 Å². The second kappa shape index (κ2) is 8.41. The summed E-state index contributed by atoms with van der Waals surface area (Å²) in [5, 5.41) is 3.76. The fourth-order valence-corrected chi connectivity index (χ4v) is 5.83. The van der Waals surface area contributed by atoms with Gasteiger partial charge in [-0.15, -0.1) is 22.7 Å². The Hall–Kier alpha value is -2.36. The smallest absolute Gasteiger partial charge is 0.228 e. The second-order valence-corrected chi connectivity index (χ2v) is 9.63. The summed E-state index contributed by atoms with van der Waals surface area (Å²) in [5.41, 5.74) is 1.82. The maximum absolute atomic E-state index is 12.7. The predicted octanol–water partition coefficient (Wildman–Crippen LogP) is 2.77. The number of aromatic nitrogens is 2. The first-order chi connectivity index (χ1) is 14.7. The number of hydrogen-bond acceptors (Lipinski definition) is 7. The van der Waals surface area contributed by atoms with Crippen LogP contribution in [0.4, 0.5) is 5.13 Å². The summed E-state index contributed by atoms with van der Waals surface area (Å²) in [6.07, 6.45) is 1.78. The first-order valence-corrected chi connectivity index (χ1v) is 11.9. The molecule has 7 nitrogen and oxygen atoms in total. The van der Waals surface area contributed by atoms with Crippen molar-refractivity contribution in [3.63, 3.8) is 0 Å². The third-order valence-corrected chi connectivity index (χ3v) is 7.53. The summed E-state index contributed by atoms with van der Waals surface area (Å²) >= 11 is 3.20. The van der Waals surface area contributed by atoms with Crippen molar-refractivity contribution in [1.82, 2.24) is 19.8 Å². The first kappa shape index (κ1) is 19.6. The van der Waals surface area contributed by atoms with Crippen LogP contribution in [0.25, 0.3) is 10.2 Å². The molecule has 0 radical (unpaired) electrons. The molecular formula is C21H23N5O2S2. The summed E-state index contributed by atoms with van der Waals surface area (Å²) in [4.78, 5) is 39.9. The molecule has 2 amide bonds. The minimum absolute atomic E-state index is 0.110. The number of para-hydroxylation sites is 1. The van der Waals surface area contributed by atoms with Crippen molar-refractivity contribution in [2.75, 3.05) is 37.6 Å². The van der Waals surface area contributed by atoms with E-state index in [1.807, 2.05) is 22.4 Å². The van der Waals surface area contributed by atoms with Gasteiger partial charge in [-0.1, -0.05) is 12.1 Å². The molecule has 0 saturated carbocycles. The van der Waals surface area contributed by atoms with Gasteiger partial charge in [-0.25, -0.2) is 9.97 Å². The number of rotatable bonds is 5. The Kier molecular flexibility index (Phi) is 5.49. The third-order valence-electron chi connectivity index (χ3n) is 5.60. The third kappa shape index (κ3) is 4.10. The summed E-state index contributed by atoms with van der Waals surface area (Å²) in [7, 11) is 0. The van der Waals surface area contributed by atoms with Gasteiger partial charge in [0.2, 0.25) is 11.8 Å². The number of carbonyl (C=O) groups is 2. The van der Waals surface area contributed by atoms with E-state index in [4.69, 9.17) is 4.98 Å². The van der Waals surface area contributed by atoms with Crippen LogP contribution in [-0.4, -0.2) is 64.3 Å². The molecule has 5 rings (SSSR count). The second-order valence-electron chi connectivity index (χ2n) is 7.68. The minimum Gasteiger partial charge on any atom is -0.340 e. The Morgan fingerprint density at radius 3 is 2.67 bits per heavy atom. The number of carbonyl (C=O) groups excluding carboxylic acids is 2. The topological polar surface area (TPSA) is 69.6 Å². The average molecular weight is 442 g/mol. The van der Waals surface area contributed by atoms with Gasteiger partial charge < -0.3 is 4.90 Å². The molecule has 3 aromatic rings. The van der Waals surface area contributed by atoms with Gasteiger partial charge in [0.1, 0.15) is 5.01 Å². The number of amides is 2. The van der Waals surface area contributed by atoms with Crippen molar-refractivity contribution >= 4 is 49.8 Å². The van der Waals surface area contributed by atoms with E-state index in [1.54, 1.807) is 16.2 Å². The summed E-state index contributed by atoms with van der Waals surface area (Å²) in [5.74, 6) is 0.241. The Bertz CT molecular complexity index is 1040. The van der Waals surface area contributed by atoms with E-state index < -0.39 is 0 Å². The predicted molar refractivity (Wildman–Crippen MR) is 119 cm³/mol. The molecule has 0 unspecified atom stereocenters. The van der Waals surface area contributed by atoms with Crippen LogP contribution in [0.3, 0.4) is 0 Å². The van der Waals surface area contributed by atoms with Crippen LogP contribution in [0, 0.1) is 0 Å². The molecule has 2 aliphatic rings. The molecule has 0 N–H and O–H groups in total. The van der Waals surface area contributed by atoms with E-state index in [0.29, 0.717) is 12.8 Å². The molecule has 4 heterocycles. The fourth-order valence-electron chi connectivity index (χ4n) is 3.95. The van der Waals surface area contributed by atoms with E-state index in [1.165, 1.54) is 16.0 Å². The van der Waals surface area contributed by atoms with Gasteiger partial charge in [-0.2, -0.15) is 0 Å². The molecule has 2 aromatic heterocycles. The number of piperazine rings is 1. The lowest BCUT2D eigenvalue weighted by Crippen LogP contribution is -2.48. The van der Waals surface area contributed by atoms with Gasteiger partial charge >= 0.3 is 0 Å². The van der Waals surface area contributed by atoms with Crippen molar-refractivity contribution < 1.29 is 9.59 Å². The molecular weight excluding hydrogens is 418 g/mol. The number of thiazole rings is 2. The van der Waals surface area contributed by atoms with Crippen molar-refractivity contribution in [1.29, 1.82) is 0 Å². The minimum atomic E-state index is 0.110. The fraction of sp³-hybridized carbons (Fsp3) is 0.429. The lowest BCUT2D eigenvalue weighted by Gasteiger charge is -2.34. The first-order valence-electron chi connectivity index (χ1n) is 10.2. The van der Waals surface area contributed by atoms with Crippen LogP contribution in [0.1, 0.15) is 23.5 Å². The molecule has 156 valence electrons. The molecule has 30 heavy (non-hydrogen) atoms. The van der Waals surface area contributed by atoms with Gasteiger partial charge in [0.15, 0.2) is 5.13 Å². The molecule has 9 heteroatoms. The monoisotopic (exact) mass is 441 g/mol. The van der Waals surface area contributed by atoms with Crippen LogP contribution in [0.15, 0.2) is 29.6 Å². The van der Waals surface area contributed by atoms with E-state index in [-0.39, 0.29) is 11.8 Å². The van der Waals surface area contributed by atoms with E-state index in [9.17, 15) is 9.59 Å². The van der Waals surface area contributed by atoms with Gasteiger partial charge in [0.25, 0.3) is 0 Å². The Labute approximate surface area is 182 Å².